The lowest BCUT2D eigenvalue weighted by atomic mass is 9.98. The number of nitrogen functional groups attached to an aromatic ring is 1. The summed E-state index contributed by atoms with van der Waals surface area (Å²) in [7, 11) is 0. The van der Waals surface area contributed by atoms with E-state index in [1.54, 1.807) is 6.20 Å². The third-order valence-electron chi connectivity index (χ3n) is 3.68. The molecular formula is C14H23N3. The van der Waals surface area contributed by atoms with Crippen LogP contribution in [0, 0.1) is 6.92 Å². The van der Waals surface area contributed by atoms with Crippen molar-refractivity contribution in [3.8, 4) is 0 Å². The molecule has 1 aromatic rings. The van der Waals surface area contributed by atoms with Crippen LogP contribution in [0.5, 0.6) is 0 Å². The van der Waals surface area contributed by atoms with Crippen molar-refractivity contribution in [2.45, 2.75) is 52.0 Å². The Labute approximate surface area is 104 Å². The summed E-state index contributed by atoms with van der Waals surface area (Å²) in [4.78, 5) is 6.97. The Morgan fingerprint density at radius 1 is 1.47 bits per heavy atom. The average molecular weight is 233 g/mol. The molecule has 3 nitrogen and oxygen atoms in total. The van der Waals surface area contributed by atoms with Crippen LogP contribution in [0.4, 0.5) is 11.5 Å². The molecule has 0 spiro atoms. The van der Waals surface area contributed by atoms with Crippen LogP contribution in [-0.4, -0.2) is 17.6 Å². The van der Waals surface area contributed by atoms with Crippen LogP contribution >= 0.6 is 0 Å². The molecule has 1 saturated heterocycles. The van der Waals surface area contributed by atoms with Crippen molar-refractivity contribution in [3.05, 3.63) is 17.8 Å². The molecule has 0 radical (unpaired) electrons. The van der Waals surface area contributed by atoms with Crippen molar-refractivity contribution in [2.75, 3.05) is 17.2 Å². The van der Waals surface area contributed by atoms with E-state index in [2.05, 4.69) is 29.8 Å². The number of rotatable bonds is 3. The lowest BCUT2D eigenvalue weighted by Crippen LogP contribution is -2.40. The fourth-order valence-corrected chi connectivity index (χ4v) is 2.64. The molecule has 1 aliphatic heterocycles. The van der Waals surface area contributed by atoms with Crippen LogP contribution < -0.4 is 10.6 Å². The summed E-state index contributed by atoms with van der Waals surface area (Å²) in [6, 6.07) is 2.80. The Hall–Kier alpha value is -1.25. The van der Waals surface area contributed by atoms with Gasteiger partial charge in [0.25, 0.3) is 0 Å². The van der Waals surface area contributed by atoms with E-state index in [1.807, 2.05) is 0 Å². The lowest BCUT2D eigenvalue weighted by Gasteiger charge is -2.37. The zero-order valence-corrected chi connectivity index (χ0v) is 10.9. The maximum atomic E-state index is 5.83. The summed E-state index contributed by atoms with van der Waals surface area (Å²) >= 11 is 0. The number of nitrogens with zero attached hydrogens (tertiary/aromatic N) is 2. The van der Waals surface area contributed by atoms with Gasteiger partial charge in [-0.1, -0.05) is 13.3 Å². The van der Waals surface area contributed by atoms with Gasteiger partial charge < -0.3 is 10.6 Å². The van der Waals surface area contributed by atoms with Crippen molar-refractivity contribution in [1.29, 1.82) is 0 Å². The molecule has 2 N–H and O–H groups in total. The van der Waals surface area contributed by atoms with Crippen LogP contribution in [0.3, 0.4) is 0 Å². The number of hydrogen-bond acceptors (Lipinski definition) is 3. The molecule has 3 heteroatoms. The van der Waals surface area contributed by atoms with Crippen LogP contribution in [0.25, 0.3) is 0 Å². The highest BCUT2D eigenvalue weighted by Crippen LogP contribution is 2.27. The van der Waals surface area contributed by atoms with Gasteiger partial charge in [0, 0.05) is 12.6 Å². The van der Waals surface area contributed by atoms with E-state index in [4.69, 9.17) is 5.73 Å². The summed E-state index contributed by atoms with van der Waals surface area (Å²) < 4.78 is 0. The molecule has 1 fully saturated rings. The number of aromatic nitrogens is 1. The van der Waals surface area contributed by atoms with Gasteiger partial charge in [0.1, 0.15) is 5.82 Å². The van der Waals surface area contributed by atoms with Gasteiger partial charge in [-0.25, -0.2) is 4.98 Å². The molecule has 0 aromatic carbocycles. The second kappa shape index (κ2) is 5.39. The normalized spacial score (nSPS) is 20.6. The third-order valence-corrected chi connectivity index (χ3v) is 3.68. The zero-order chi connectivity index (χ0) is 12.3. The molecule has 1 aromatic heterocycles. The standard InChI is InChI=1S/C14H23N3/c1-3-6-12-7-4-5-8-17(12)14-9-11(2)13(15)10-16-14/h9-10,12H,3-8,15H2,1-2H3. The van der Waals surface area contributed by atoms with E-state index in [0.29, 0.717) is 6.04 Å². The Bertz CT molecular complexity index is 374. The zero-order valence-electron chi connectivity index (χ0n) is 10.9. The first kappa shape index (κ1) is 12.2. The molecule has 1 unspecified atom stereocenters. The Balaban J connectivity index is 2.20. The second-order valence-corrected chi connectivity index (χ2v) is 5.03. The minimum Gasteiger partial charge on any atom is -0.397 e. The topological polar surface area (TPSA) is 42.1 Å². The smallest absolute Gasteiger partial charge is 0.129 e. The number of hydrogen-bond donors (Lipinski definition) is 1. The molecule has 94 valence electrons. The minimum absolute atomic E-state index is 0.671. The highest BCUT2D eigenvalue weighted by atomic mass is 15.2. The van der Waals surface area contributed by atoms with Gasteiger partial charge in [-0.15, -0.1) is 0 Å². The van der Waals surface area contributed by atoms with Crippen LogP contribution in [0.1, 0.15) is 44.6 Å². The Morgan fingerprint density at radius 3 is 3.00 bits per heavy atom. The maximum absolute atomic E-state index is 5.83. The molecule has 0 aliphatic carbocycles. The predicted molar refractivity (Wildman–Crippen MR) is 73.3 cm³/mol. The van der Waals surface area contributed by atoms with Crippen molar-refractivity contribution in [3.63, 3.8) is 0 Å². The summed E-state index contributed by atoms with van der Waals surface area (Å²) in [6.45, 7) is 5.45. The van der Waals surface area contributed by atoms with E-state index >= 15 is 0 Å². The molecule has 0 bridgehead atoms. The number of piperidine rings is 1. The van der Waals surface area contributed by atoms with E-state index in [9.17, 15) is 0 Å². The second-order valence-electron chi connectivity index (χ2n) is 5.03. The van der Waals surface area contributed by atoms with Gasteiger partial charge in [-0.3, -0.25) is 0 Å². The third kappa shape index (κ3) is 2.71. The van der Waals surface area contributed by atoms with E-state index in [-0.39, 0.29) is 0 Å². The summed E-state index contributed by atoms with van der Waals surface area (Å²) in [6.07, 6.45) is 8.25. The van der Waals surface area contributed by atoms with E-state index < -0.39 is 0 Å². The number of anilines is 2. The summed E-state index contributed by atoms with van der Waals surface area (Å²) in [5.74, 6) is 1.11. The SMILES string of the molecule is CCCC1CCCCN1c1cc(C)c(N)cn1. The fourth-order valence-electron chi connectivity index (χ4n) is 2.64. The van der Waals surface area contributed by atoms with Crippen LogP contribution in [0.2, 0.25) is 0 Å². The van der Waals surface area contributed by atoms with Crippen molar-refractivity contribution in [1.82, 2.24) is 4.98 Å². The van der Waals surface area contributed by atoms with Gasteiger partial charge in [0.15, 0.2) is 0 Å². The molecule has 0 saturated carbocycles. The number of aryl methyl sites for hydroxylation is 1. The van der Waals surface area contributed by atoms with Crippen molar-refractivity contribution >= 4 is 11.5 Å². The highest BCUT2D eigenvalue weighted by Gasteiger charge is 2.22. The molecule has 2 heterocycles. The molecule has 0 amide bonds. The number of pyridine rings is 1. The molecule has 1 atom stereocenters. The number of nitrogens with two attached hydrogens (primary N) is 1. The van der Waals surface area contributed by atoms with E-state index in [0.717, 1.165) is 23.6 Å². The van der Waals surface area contributed by atoms with Crippen molar-refractivity contribution in [2.24, 2.45) is 0 Å². The molecule has 1 aliphatic rings. The van der Waals surface area contributed by atoms with Gasteiger partial charge in [0.2, 0.25) is 0 Å². The first-order valence-electron chi connectivity index (χ1n) is 6.71. The minimum atomic E-state index is 0.671. The average Bonchev–Trinajstić information content (AvgIpc) is 2.34. The Morgan fingerprint density at radius 2 is 2.29 bits per heavy atom. The first-order chi connectivity index (χ1) is 8.22. The predicted octanol–water partition coefficient (Wildman–Crippen LogP) is 3.13. The van der Waals surface area contributed by atoms with Crippen molar-refractivity contribution < 1.29 is 0 Å². The molecule has 2 rings (SSSR count). The van der Waals surface area contributed by atoms with Crippen LogP contribution in [0.15, 0.2) is 12.3 Å². The largest absolute Gasteiger partial charge is 0.397 e. The van der Waals surface area contributed by atoms with Gasteiger partial charge in [-0.05, 0) is 44.2 Å². The van der Waals surface area contributed by atoms with Crippen LogP contribution in [-0.2, 0) is 0 Å². The summed E-state index contributed by atoms with van der Waals surface area (Å²) in [5.41, 5.74) is 7.76. The summed E-state index contributed by atoms with van der Waals surface area (Å²) in [5, 5.41) is 0. The van der Waals surface area contributed by atoms with E-state index in [1.165, 1.54) is 32.1 Å². The first-order valence-corrected chi connectivity index (χ1v) is 6.71. The molecule has 17 heavy (non-hydrogen) atoms. The van der Waals surface area contributed by atoms with Gasteiger partial charge in [0.05, 0.1) is 11.9 Å². The monoisotopic (exact) mass is 233 g/mol. The van der Waals surface area contributed by atoms with Gasteiger partial charge >= 0.3 is 0 Å². The highest BCUT2D eigenvalue weighted by molar-refractivity contribution is 5.52. The quantitative estimate of drug-likeness (QED) is 0.872. The van der Waals surface area contributed by atoms with Gasteiger partial charge in [-0.2, -0.15) is 0 Å². The lowest BCUT2D eigenvalue weighted by molar-refractivity contribution is 0.432. The molecular weight excluding hydrogens is 210 g/mol. The fraction of sp³-hybridized carbons (Fsp3) is 0.643. The Kier molecular flexibility index (Phi) is 3.87. The maximum Gasteiger partial charge on any atom is 0.129 e.